The van der Waals surface area contributed by atoms with Gasteiger partial charge < -0.3 is 10.2 Å². The van der Waals surface area contributed by atoms with E-state index in [4.69, 9.17) is 5.11 Å². The Morgan fingerprint density at radius 2 is 0.958 bits per heavy atom. The molecule has 0 bridgehead atoms. The Kier molecular flexibility index (Phi) is 13.8. The molecule has 1 aliphatic carbocycles. The first-order chi connectivity index (χ1) is 11.8. The van der Waals surface area contributed by atoms with Crippen molar-refractivity contribution in [2.24, 2.45) is 0 Å². The van der Waals surface area contributed by atoms with Crippen LogP contribution in [0.5, 0.6) is 0 Å². The molecule has 24 heavy (non-hydrogen) atoms. The molecule has 0 aromatic heterocycles. The molecule has 3 heteroatoms. The van der Waals surface area contributed by atoms with Crippen molar-refractivity contribution in [3.8, 4) is 0 Å². The normalized spacial score (nSPS) is 16.8. The van der Waals surface area contributed by atoms with E-state index in [0.717, 1.165) is 25.8 Å². The molecule has 0 aromatic carbocycles. The van der Waals surface area contributed by atoms with Crippen molar-refractivity contribution in [2.75, 3.05) is 13.2 Å². The lowest BCUT2D eigenvalue weighted by molar-refractivity contribution is 0.0123. The molecule has 0 radical (unpaired) electrons. The summed E-state index contributed by atoms with van der Waals surface area (Å²) in [5.74, 6) is 0. The fraction of sp³-hybridized carbons (Fsp3) is 1.00. The first-order valence-corrected chi connectivity index (χ1v) is 10.9. The molecule has 1 fully saturated rings. The van der Waals surface area contributed by atoms with Gasteiger partial charge >= 0.3 is 0 Å². The summed E-state index contributed by atoms with van der Waals surface area (Å²) in [6.07, 6.45) is 22.7. The van der Waals surface area contributed by atoms with Gasteiger partial charge in [0.2, 0.25) is 0 Å². The SMILES string of the molecule is OCCCCCCCCCCCCCCCCNC1(O)CCCC1. The average Bonchev–Trinajstić information content (AvgIpc) is 3.01. The number of hydrogen-bond acceptors (Lipinski definition) is 3. The van der Waals surface area contributed by atoms with Crippen LogP contribution in [-0.2, 0) is 0 Å². The van der Waals surface area contributed by atoms with E-state index in [2.05, 4.69) is 5.32 Å². The van der Waals surface area contributed by atoms with E-state index in [0.29, 0.717) is 6.61 Å². The number of nitrogens with one attached hydrogen (secondary N) is 1. The Hall–Kier alpha value is -0.120. The minimum absolute atomic E-state index is 0.360. The van der Waals surface area contributed by atoms with Crippen LogP contribution < -0.4 is 5.32 Å². The Labute approximate surface area is 150 Å². The van der Waals surface area contributed by atoms with Crippen molar-refractivity contribution in [3.05, 3.63) is 0 Å². The van der Waals surface area contributed by atoms with Crippen LogP contribution in [0.2, 0.25) is 0 Å². The quantitative estimate of drug-likeness (QED) is 0.249. The molecular weight excluding hydrogens is 298 g/mol. The molecule has 0 atom stereocenters. The highest BCUT2D eigenvalue weighted by Crippen LogP contribution is 2.26. The minimum Gasteiger partial charge on any atom is -0.396 e. The van der Waals surface area contributed by atoms with Gasteiger partial charge in [-0.15, -0.1) is 0 Å². The van der Waals surface area contributed by atoms with Crippen molar-refractivity contribution in [1.82, 2.24) is 5.32 Å². The Bertz CT molecular complexity index is 265. The summed E-state index contributed by atoms with van der Waals surface area (Å²) in [7, 11) is 0. The van der Waals surface area contributed by atoms with Crippen LogP contribution >= 0.6 is 0 Å². The lowest BCUT2D eigenvalue weighted by Gasteiger charge is -2.23. The van der Waals surface area contributed by atoms with E-state index in [1.807, 2.05) is 0 Å². The predicted octanol–water partition coefficient (Wildman–Crippen LogP) is 5.29. The van der Waals surface area contributed by atoms with Crippen LogP contribution in [0.15, 0.2) is 0 Å². The second kappa shape index (κ2) is 15.2. The summed E-state index contributed by atoms with van der Waals surface area (Å²) in [6, 6.07) is 0. The molecule has 1 rings (SSSR count). The van der Waals surface area contributed by atoms with Gasteiger partial charge in [0.05, 0.1) is 0 Å². The van der Waals surface area contributed by atoms with Crippen LogP contribution in [-0.4, -0.2) is 29.1 Å². The van der Waals surface area contributed by atoms with E-state index < -0.39 is 5.72 Å². The molecule has 0 saturated heterocycles. The standard InChI is InChI=1S/C21H43NO2/c23-20-16-12-10-8-6-4-2-1-3-5-7-9-11-15-19-22-21(24)17-13-14-18-21/h22-24H,1-20H2. The maximum atomic E-state index is 10.2. The number of unbranched alkanes of at least 4 members (excludes halogenated alkanes) is 13. The number of aliphatic hydroxyl groups is 2. The molecular formula is C21H43NO2. The molecule has 0 heterocycles. The monoisotopic (exact) mass is 341 g/mol. The van der Waals surface area contributed by atoms with Gasteiger partial charge in [-0.2, -0.15) is 0 Å². The highest BCUT2D eigenvalue weighted by Gasteiger charge is 2.29. The fourth-order valence-corrected chi connectivity index (χ4v) is 3.82. The zero-order valence-electron chi connectivity index (χ0n) is 16.0. The van der Waals surface area contributed by atoms with Gasteiger partial charge in [0, 0.05) is 6.61 Å². The Balaban J connectivity index is 1.69. The van der Waals surface area contributed by atoms with Crippen LogP contribution in [0.3, 0.4) is 0 Å². The highest BCUT2D eigenvalue weighted by molar-refractivity contribution is 4.81. The summed E-state index contributed by atoms with van der Waals surface area (Å²) in [5.41, 5.74) is -0.529. The third-order valence-electron chi connectivity index (χ3n) is 5.47. The largest absolute Gasteiger partial charge is 0.396 e. The summed E-state index contributed by atoms with van der Waals surface area (Å²) in [5, 5.41) is 22.2. The van der Waals surface area contributed by atoms with Crippen molar-refractivity contribution < 1.29 is 10.2 Å². The topological polar surface area (TPSA) is 52.5 Å². The van der Waals surface area contributed by atoms with E-state index in [-0.39, 0.29) is 0 Å². The smallest absolute Gasteiger partial charge is 0.116 e. The Morgan fingerprint density at radius 3 is 1.38 bits per heavy atom. The summed E-state index contributed by atoms with van der Waals surface area (Å²) < 4.78 is 0. The van der Waals surface area contributed by atoms with Crippen molar-refractivity contribution in [3.63, 3.8) is 0 Å². The molecule has 0 aromatic rings. The summed E-state index contributed by atoms with van der Waals surface area (Å²) in [4.78, 5) is 0. The zero-order chi connectivity index (χ0) is 17.3. The molecule has 3 nitrogen and oxygen atoms in total. The fourth-order valence-electron chi connectivity index (χ4n) is 3.82. The molecule has 1 aliphatic rings. The lowest BCUT2D eigenvalue weighted by atomic mass is 10.0. The Morgan fingerprint density at radius 1 is 0.583 bits per heavy atom. The third kappa shape index (κ3) is 12.3. The van der Waals surface area contributed by atoms with E-state index >= 15 is 0 Å². The van der Waals surface area contributed by atoms with Crippen molar-refractivity contribution >= 4 is 0 Å². The van der Waals surface area contributed by atoms with Gasteiger partial charge in [0.1, 0.15) is 5.72 Å². The number of rotatable bonds is 17. The number of hydrogen-bond donors (Lipinski definition) is 3. The minimum atomic E-state index is -0.529. The molecule has 1 saturated carbocycles. The molecule has 3 N–H and O–H groups in total. The summed E-state index contributed by atoms with van der Waals surface area (Å²) >= 11 is 0. The van der Waals surface area contributed by atoms with Crippen LogP contribution in [0.25, 0.3) is 0 Å². The van der Waals surface area contributed by atoms with Gasteiger partial charge in [-0.3, -0.25) is 5.32 Å². The first-order valence-electron chi connectivity index (χ1n) is 10.9. The van der Waals surface area contributed by atoms with Crippen LogP contribution in [0, 0.1) is 0 Å². The lowest BCUT2D eigenvalue weighted by Crippen LogP contribution is -2.42. The molecule has 0 spiro atoms. The zero-order valence-corrected chi connectivity index (χ0v) is 16.0. The molecule has 144 valence electrons. The van der Waals surface area contributed by atoms with Gasteiger partial charge in [-0.1, -0.05) is 77.0 Å². The second-order valence-electron chi connectivity index (χ2n) is 7.84. The van der Waals surface area contributed by atoms with Gasteiger partial charge in [-0.25, -0.2) is 0 Å². The predicted molar refractivity (Wildman–Crippen MR) is 103 cm³/mol. The highest BCUT2D eigenvalue weighted by atomic mass is 16.3. The maximum absolute atomic E-state index is 10.2. The van der Waals surface area contributed by atoms with E-state index in [1.165, 1.54) is 96.3 Å². The second-order valence-corrected chi connectivity index (χ2v) is 7.84. The molecule has 0 aliphatic heterocycles. The first kappa shape index (κ1) is 21.9. The van der Waals surface area contributed by atoms with Gasteiger partial charge in [0.15, 0.2) is 0 Å². The van der Waals surface area contributed by atoms with E-state index in [9.17, 15) is 5.11 Å². The van der Waals surface area contributed by atoms with Gasteiger partial charge in [-0.05, 0) is 45.1 Å². The maximum Gasteiger partial charge on any atom is 0.116 e. The van der Waals surface area contributed by atoms with Crippen LogP contribution in [0.1, 0.15) is 116 Å². The van der Waals surface area contributed by atoms with Crippen LogP contribution in [0.4, 0.5) is 0 Å². The summed E-state index contributed by atoms with van der Waals surface area (Å²) in [6.45, 7) is 1.34. The number of aliphatic hydroxyl groups excluding tert-OH is 1. The third-order valence-corrected chi connectivity index (χ3v) is 5.47. The van der Waals surface area contributed by atoms with Crippen molar-refractivity contribution in [2.45, 2.75) is 121 Å². The molecule has 0 unspecified atom stereocenters. The van der Waals surface area contributed by atoms with Gasteiger partial charge in [0.25, 0.3) is 0 Å². The van der Waals surface area contributed by atoms with E-state index in [1.54, 1.807) is 0 Å². The molecule has 0 amide bonds. The van der Waals surface area contributed by atoms with Crippen molar-refractivity contribution in [1.29, 1.82) is 0 Å². The average molecular weight is 342 g/mol.